The van der Waals surface area contributed by atoms with E-state index in [9.17, 15) is 21.6 Å². The van der Waals surface area contributed by atoms with Crippen LogP contribution in [-0.2, 0) is 20.3 Å². The Balaban J connectivity index is 1.75. The highest BCUT2D eigenvalue weighted by atomic mass is 32.2. The number of halogens is 3. The first kappa shape index (κ1) is 16.7. The molecule has 1 heterocycles. The Morgan fingerprint density at radius 3 is 2.39 bits per heavy atom. The second kappa shape index (κ2) is 5.75. The summed E-state index contributed by atoms with van der Waals surface area (Å²) in [5.74, 6) is 0. The van der Waals surface area contributed by atoms with Crippen LogP contribution in [0.2, 0.25) is 0 Å². The minimum absolute atomic E-state index is 0.0762. The average Bonchev–Trinajstić information content (AvgIpc) is 3.28. The van der Waals surface area contributed by atoms with Gasteiger partial charge >= 0.3 is 6.18 Å². The smallest absolute Gasteiger partial charge is 0.369 e. The minimum Gasteiger partial charge on any atom is -0.369 e. The number of hydrogen-bond donors (Lipinski definition) is 1. The molecule has 8 heteroatoms. The summed E-state index contributed by atoms with van der Waals surface area (Å²) < 4.78 is 70.8. The molecule has 0 spiro atoms. The van der Waals surface area contributed by atoms with E-state index >= 15 is 0 Å². The molecule has 1 aliphatic heterocycles. The number of nitrogens with one attached hydrogen (secondary N) is 1. The van der Waals surface area contributed by atoms with E-state index in [2.05, 4.69) is 9.46 Å². The lowest BCUT2D eigenvalue weighted by Crippen LogP contribution is -2.48. The van der Waals surface area contributed by atoms with Gasteiger partial charge in [0, 0.05) is 13.0 Å². The molecule has 2 atom stereocenters. The van der Waals surface area contributed by atoms with Crippen LogP contribution in [0.15, 0.2) is 30.3 Å². The van der Waals surface area contributed by atoms with E-state index in [-0.39, 0.29) is 13.0 Å². The maximum Gasteiger partial charge on any atom is 0.414 e. The lowest BCUT2D eigenvalue weighted by molar-refractivity contribution is -0.229. The molecular formula is C15H18F3NO3S. The predicted octanol–water partition coefficient (Wildman–Crippen LogP) is 2.71. The van der Waals surface area contributed by atoms with Crippen LogP contribution in [0.5, 0.6) is 0 Å². The zero-order valence-corrected chi connectivity index (χ0v) is 13.2. The second-order valence-electron chi connectivity index (χ2n) is 6.14. The fraction of sp³-hybridized carbons (Fsp3) is 0.600. The molecular weight excluding hydrogens is 331 g/mol. The van der Waals surface area contributed by atoms with Gasteiger partial charge in [-0.05, 0) is 24.8 Å². The molecule has 128 valence electrons. The maximum absolute atomic E-state index is 12.8. The van der Waals surface area contributed by atoms with E-state index in [4.69, 9.17) is 0 Å². The van der Waals surface area contributed by atoms with Crippen molar-refractivity contribution in [2.45, 2.75) is 48.8 Å². The predicted molar refractivity (Wildman–Crippen MR) is 78.2 cm³/mol. The Hall–Kier alpha value is -1.12. The number of ether oxygens (including phenoxy) is 1. The molecule has 1 saturated heterocycles. The van der Waals surface area contributed by atoms with Crippen molar-refractivity contribution in [3.63, 3.8) is 0 Å². The number of sulfonamides is 1. The first-order valence-corrected chi connectivity index (χ1v) is 9.04. The highest BCUT2D eigenvalue weighted by Gasteiger charge is 2.51. The Labute approximate surface area is 133 Å². The van der Waals surface area contributed by atoms with Gasteiger partial charge in [0.05, 0.1) is 10.8 Å². The Morgan fingerprint density at radius 2 is 1.83 bits per heavy atom. The van der Waals surface area contributed by atoms with Crippen LogP contribution in [0.3, 0.4) is 0 Å². The van der Waals surface area contributed by atoms with Crippen molar-refractivity contribution < 1.29 is 26.3 Å². The summed E-state index contributed by atoms with van der Waals surface area (Å²) in [7, 11) is -3.85. The molecule has 23 heavy (non-hydrogen) atoms. The summed E-state index contributed by atoms with van der Waals surface area (Å²) in [5.41, 5.74) is 0.189. The van der Waals surface area contributed by atoms with Crippen LogP contribution in [-0.4, -0.2) is 32.6 Å². The lowest BCUT2D eigenvalue weighted by Gasteiger charge is -2.31. The van der Waals surface area contributed by atoms with Crippen molar-refractivity contribution in [1.82, 2.24) is 4.72 Å². The number of alkyl halides is 3. The molecule has 1 aliphatic carbocycles. The Bertz CT molecular complexity index is 656. The van der Waals surface area contributed by atoms with Crippen LogP contribution in [0.25, 0.3) is 0 Å². The van der Waals surface area contributed by atoms with Gasteiger partial charge in [0.1, 0.15) is 0 Å². The molecule has 3 rings (SSSR count). The van der Waals surface area contributed by atoms with E-state index in [0.29, 0.717) is 12.8 Å². The molecule has 2 unspecified atom stereocenters. The third-order valence-corrected chi connectivity index (χ3v) is 6.43. The summed E-state index contributed by atoms with van der Waals surface area (Å²) in [5, 5.41) is -1.08. The summed E-state index contributed by atoms with van der Waals surface area (Å²) in [6.45, 7) is -0.200. The standard InChI is InChI=1S/C15H18F3NO3S/c16-15(17,18)13-10-12(6-9-22-13)23(20,21)19-14(7-8-14)11-4-2-1-3-5-11/h1-5,12-13,19H,6-10H2. The lowest BCUT2D eigenvalue weighted by atomic mass is 10.1. The van der Waals surface area contributed by atoms with E-state index in [1.165, 1.54) is 0 Å². The van der Waals surface area contributed by atoms with Gasteiger partial charge in [-0.25, -0.2) is 13.1 Å². The normalized spacial score (nSPS) is 27.6. The average molecular weight is 349 g/mol. The highest BCUT2D eigenvalue weighted by molar-refractivity contribution is 7.90. The van der Waals surface area contributed by atoms with E-state index < -0.39 is 39.5 Å². The van der Waals surface area contributed by atoms with Crippen molar-refractivity contribution in [3.05, 3.63) is 35.9 Å². The van der Waals surface area contributed by atoms with E-state index in [1.54, 1.807) is 0 Å². The topological polar surface area (TPSA) is 55.4 Å². The molecule has 0 radical (unpaired) electrons. The van der Waals surface area contributed by atoms with E-state index in [1.807, 2.05) is 30.3 Å². The fourth-order valence-electron chi connectivity index (χ4n) is 2.96. The van der Waals surface area contributed by atoms with Gasteiger partial charge in [0.2, 0.25) is 10.0 Å². The van der Waals surface area contributed by atoms with Crippen LogP contribution < -0.4 is 4.72 Å². The van der Waals surface area contributed by atoms with Gasteiger partial charge in [-0.3, -0.25) is 0 Å². The SMILES string of the molecule is O=S(=O)(NC1(c2ccccc2)CC1)C1CCOC(C(F)(F)F)C1. The molecule has 2 fully saturated rings. The first-order chi connectivity index (χ1) is 10.7. The van der Waals surface area contributed by atoms with E-state index in [0.717, 1.165) is 5.56 Å². The molecule has 1 N–H and O–H groups in total. The second-order valence-corrected chi connectivity index (χ2v) is 8.10. The van der Waals surface area contributed by atoms with Gasteiger partial charge in [-0.15, -0.1) is 0 Å². The monoisotopic (exact) mass is 349 g/mol. The quantitative estimate of drug-likeness (QED) is 0.909. The summed E-state index contributed by atoms with van der Waals surface area (Å²) >= 11 is 0. The van der Waals surface area contributed by atoms with Crippen LogP contribution >= 0.6 is 0 Å². The zero-order valence-electron chi connectivity index (χ0n) is 12.3. The summed E-state index contributed by atoms with van der Waals surface area (Å²) in [6, 6.07) is 9.13. The molecule has 0 bridgehead atoms. The van der Waals surface area contributed by atoms with Crippen LogP contribution in [0, 0.1) is 0 Å². The summed E-state index contributed by atoms with van der Waals surface area (Å²) in [6.07, 6.45) is -5.71. The Kier molecular flexibility index (Phi) is 4.18. The molecule has 1 saturated carbocycles. The minimum atomic E-state index is -4.54. The van der Waals surface area contributed by atoms with Gasteiger partial charge in [-0.1, -0.05) is 30.3 Å². The zero-order chi connectivity index (χ0) is 16.7. The van der Waals surface area contributed by atoms with Gasteiger partial charge < -0.3 is 4.74 Å². The van der Waals surface area contributed by atoms with Crippen molar-refractivity contribution in [2.24, 2.45) is 0 Å². The van der Waals surface area contributed by atoms with Crippen molar-refractivity contribution in [1.29, 1.82) is 0 Å². The van der Waals surface area contributed by atoms with Crippen LogP contribution in [0.4, 0.5) is 13.2 Å². The molecule has 0 aromatic heterocycles. The van der Waals surface area contributed by atoms with Crippen molar-refractivity contribution in [3.8, 4) is 0 Å². The number of hydrogen-bond acceptors (Lipinski definition) is 3. The largest absolute Gasteiger partial charge is 0.414 e. The molecule has 4 nitrogen and oxygen atoms in total. The summed E-state index contributed by atoms with van der Waals surface area (Å²) in [4.78, 5) is 0. The van der Waals surface area contributed by atoms with Crippen LogP contribution in [0.1, 0.15) is 31.2 Å². The number of rotatable bonds is 4. The molecule has 2 aliphatic rings. The third kappa shape index (κ3) is 3.54. The third-order valence-electron chi connectivity index (χ3n) is 4.45. The molecule has 1 aromatic carbocycles. The first-order valence-electron chi connectivity index (χ1n) is 7.50. The Morgan fingerprint density at radius 1 is 1.17 bits per heavy atom. The van der Waals surface area contributed by atoms with Gasteiger partial charge in [0.25, 0.3) is 0 Å². The maximum atomic E-state index is 12.8. The van der Waals surface area contributed by atoms with Crippen molar-refractivity contribution in [2.75, 3.05) is 6.61 Å². The fourth-order valence-corrected chi connectivity index (χ4v) is 4.83. The molecule has 0 amide bonds. The van der Waals surface area contributed by atoms with Gasteiger partial charge in [-0.2, -0.15) is 13.2 Å². The highest BCUT2D eigenvalue weighted by Crippen LogP contribution is 2.46. The van der Waals surface area contributed by atoms with Gasteiger partial charge in [0.15, 0.2) is 6.10 Å². The molecule has 1 aromatic rings. The number of benzene rings is 1. The van der Waals surface area contributed by atoms with Crippen molar-refractivity contribution >= 4 is 10.0 Å².